The highest BCUT2D eigenvalue weighted by atomic mass is 35.5. The van der Waals surface area contributed by atoms with Gasteiger partial charge in [-0.3, -0.25) is 4.79 Å². The second-order valence-corrected chi connectivity index (χ2v) is 4.05. The molecule has 0 atom stereocenters. The van der Waals surface area contributed by atoms with E-state index >= 15 is 0 Å². The molecule has 6 heteroatoms. The van der Waals surface area contributed by atoms with Crippen molar-refractivity contribution >= 4 is 23.2 Å². The van der Waals surface area contributed by atoms with Gasteiger partial charge in [-0.05, 0) is 18.6 Å². The highest BCUT2D eigenvalue weighted by Gasteiger charge is 2.09. The molecule has 0 aliphatic rings. The van der Waals surface area contributed by atoms with E-state index in [0.717, 1.165) is 6.42 Å². The zero-order valence-corrected chi connectivity index (χ0v) is 10.9. The van der Waals surface area contributed by atoms with Crippen LogP contribution in [0.1, 0.15) is 6.42 Å². The number of amides is 1. The number of aromatic hydroxyl groups is 1. The van der Waals surface area contributed by atoms with E-state index in [1.54, 1.807) is 18.2 Å². The normalized spacial score (nSPS) is 10.6. The van der Waals surface area contributed by atoms with Crippen LogP contribution >= 0.6 is 11.6 Å². The summed E-state index contributed by atoms with van der Waals surface area (Å²) >= 11 is 5.51. The van der Waals surface area contributed by atoms with Crippen molar-refractivity contribution in [3.63, 3.8) is 0 Å². The minimum atomic E-state index is -0.536. The van der Waals surface area contributed by atoms with Crippen LogP contribution in [0, 0.1) is 11.3 Å². The number of hydrogen-bond acceptors (Lipinski definition) is 4. The molecule has 0 aromatic heterocycles. The van der Waals surface area contributed by atoms with E-state index in [2.05, 4.69) is 10.6 Å². The summed E-state index contributed by atoms with van der Waals surface area (Å²) in [6.45, 7) is 0.591. The summed E-state index contributed by atoms with van der Waals surface area (Å²) in [7, 11) is 0. The Kier molecular flexibility index (Phi) is 6.27. The van der Waals surface area contributed by atoms with Gasteiger partial charge in [-0.15, -0.1) is 11.6 Å². The third-order valence-electron chi connectivity index (χ3n) is 2.17. The van der Waals surface area contributed by atoms with Crippen molar-refractivity contribution in [2.45, 2.75) is 6.42 Å². The van der Waals surface area contributed by atoms with E-state index in [4.69, 9.17) is 16.9 Å². The second-order valence-electron chi connectivity index (χ2n) is 3.67. The van der Waals surface area contributed by atoms with E-state index in [9.17, 15) is 9.90 Å². The lowest BCUT2D eigenvalue weighted by Crippen LogP contribution is -2.17. The van der Waals surface area contributed by atoms with Crippen molar-refractivity contribution in [1.82, 2.24) is 5.32 Å². The van der Waals surface area contributed by atoms with E-state index in [1.165, 1.54) is 18.3 Å². The Labute approximate surface area is 116 Å². The van der Waals surface area contributed by atoms with Gasteiger partial charge >= 0.3 is 0 Å². The summed E-state index contributed by atoms with van der Waals surface area (Å²) in [5, 5.41) is 23.5. The van der Waals surface area contributed by atoms with Crippen molar-refractivity contribution < 1.29 is 9.90 Å². The Morgan fingerprint density at radius 1 is 1.53 bits per heavy atom. The van der Waals surface area contributed by atoms with Crippen LogP contribution in [0.25, 0.3) is 0 Å². The molecule has 0 heterocycles. The Hall–Kier alpha value is -2.19. The van der Waals surface area contributed by atoms with Crippen LogP contribution in [0.2, 0.25) is 0 Å². The number of halogens is 1. The van der Waals surface area contributed by atoms with E-state index < -0.39 is 5.91 Å². The third kappa shape index (κ3) is 5.32. The summed E-state index contributed by atoms with van der Waals surface area (Å²) < 4.78 is 0. The number of phenolic OH excluding ortho intramolecular Hbond substituents is 1. The lowest BCUT2D eigenvalue weighted by atomic mass is 10.2. The molecule has 1 rings (SSSR count). The summed E-state index contributed by atoms with van der Waals surface area (Å²) in [6, 6.07) is 7.91. The Bertz CT molecular complexity index is 509. The highest BCUT2D eigenvalue weighted by Crippen LogP contribution is 2.15. The average Bonchev–Trinajstić information content (AvgIpc) is 2.38. The van der Waals surface area contributed by atoms with Crippen LogP contribution in [-0.4, -0.2) is 23.4 Å². The Morgan fingerprint density at radius 3 is 2.95 bits per heavy atom. The number of benzene rings is 1. The zero-order valence-electron chi connectivity index (χ0n) is 10.2. The number of carbonyl (C=O) groups excluding carboxylic acids is 1. The molecule has 0 aliphatic carbocycles. The molecule has 3 N–H and O–H groups in total. The molecule has 0 aliphatic heterocycles. The number of hydrogen-bond donors (Lipinski definition) is 3. The van der Waals surface area contributed by atoms with E-state index in [-0.39, 0.29) is 11.3 Å². The molecule has 0 bridgehead atoms. The lowest BCUT2D eigenvalue weighted by Gasteiger charge is -2.05. The maximum Gasteiger partial charge on any atom is 0.267 e. The van der Waals surface area contributed by atoms with Gasteiger partial charge in [0.1, 0.15) is 17.4 Å². The van der Waals surface area contributed by atoms with Crippen molar-refractivity contribution in [2.75, 3.05) is 17.7 Å². The molecule has 5 nitrogen and oxygen atoms in total. The third-order valence-corrected chi connectivity index (χ3v) is 2.44. The standard InChI is InChI=1S/C13H14ClN3O2/c14-5-2-6-16-9-10(8-15)13(19)17-11-3-1-4-12(18)7-11/h1,3-4,7,9,16,18H,2,5-6H2,(H,17,19)/b10-9-. The van der Waals surface area contributed by atoms with Crippen LogP contribution < -0.4 is 10.6 Å². The van der Waals surface area contributed by atoms with Crippen molar-refractivity contribution in [2.24, 2.45) is 0 Å². The number of nitriles is 1. The predicted octanol–water partition coefficient (Wildman–Crippen LogP) is 1.96. The molecule has 0 saturated carbocycles. The fraction of sp³-hybridized carbons (Fsp3) is 0.231. The number of nitrogens with one attached hydrogen (secondary N) is 2. The van der Waals surface area contributed by atoms with E-state index in [1.807, 2.05) is 0 Å². The smallest absolute Gasteiger partial charge is 0.267 e. The summed E-state index contributed by atoms with van der Waals surface area (Å²) in [5.74, 6) is 0.0186. The number of alkyl halides is 1. The maximum atomic E-state index is 11.8. The van der Waals surface area contributed by atoms with Gasteiger partial charge in [0.05, 0.1) is 0 Å². The van der Waals surface area contributed by atoms with Gasteiger partial charge in [-0.2, -0.15) is 5.26 Å². The first-order valence-electron chi connectivity index (χ1n) is 5.67. The number of carbonyl (C=O) groups is 1. The van der Waals surface area contributed by atoms with Crippen molar-refractivity contribution in [3.8, 4) is 11.8 Å². The number of nitrogens with zero attached hydrogens (tertiary/aromatic N) is 1. The van der Waals surface area contributed by atoms with Crippen LogP contribution in [0.5, 0.6) is 5.75 Å². The second kappa shape index (κ2) is 8.01. The topological polar surface area (TPSA) is 85.2 Å². The zero-order chi connectivity index (χ0) is 14.1. The molecule has 1 aromatic rings. The fourth-order valence-corrected chi connectivity index (χ4v) is 1.41. The average molecular weight is 280 g/mol. The monoisotopic (exact) mass is 279 g/mol. The molecule has 0 radical (unpaired) electrons. The molecule has 19 heavy (non-hydrogen) atoms. The van der Waals surface area contributed by atoms with E-state index in [0.29, 0.717) is 18.1 Å². The predicted molar refractivity (Wildman–Crippen MR) is 73.8 cm³/mol. The molecule has 100 valence electrons. The molecule has 0 fully saturated rings. The van der Waals surface area contributed by atoms with Gasteiger partial charge < -0.3 is 15.7 Å². The molecule has 0 unspecified atom stereocenters. The molecule has 0 spiro atoms. The fourth-order valence-electron chi connectivity index (χ4n) is 1.27. The molecular weight excluding hydrogens is 266 g/mol. The summed E-state index contributed by atoms with van der Waals surface area (Å²) in [4.78, 5) is 11.8. The van der Waals surface area contributed by atoms with Gasteiger partial charge in [-0.25, -0.2) is 0 Å². The van der Waals surface area contributed by atoms with Crippen LogP contribution in [0.15, 0.2) is 36.0 Å². The minimum absolute atomic E-state index is 0.0422. The van der Waals surface area contributed by atoms with Crippen molar-refractivity contribution in [3.05, 3.63) is 36.0 Å². The van der Waals surface area contributed by atoms with Gasteiger partial charge in [0.2, 0.25) is 0 Å². The van der Waals surface area contributed by atoms with Gasteiger partial charge in [0, 0.05) is 30.4 Å². The van der Waals surface area contributed by atoms with Gasteiger partial charge in [0.15, 0.2) is 0 Å². The van der Waals surface area contributed by atoms with Crippen molar-refractivity contribution in [1.29, 1.82) is 5.26 Å². The van der Waals surface area contributed by atoms with Crippen LogP contribution in [0.4, 0.5) is 5.69 Å². The first-order chi connectivity index (χ1) is 9.17. The Morgan fingerprint density at radius 2 is 2.32 bits per heavy atom. The first kappa shape index (κ1) is 14.9. The highest BCUT2D eigenvalue weighted by molar-refractivity contribution is 6.17. The minimum Gasteiger partial charge on any atom is -0.508 e. The molecule has 1 amide bonds. The summed E-state index contributed by atoms with van der Waals surface area (Å²) in [6.07, 6.45) is 2.09. The number of anilines is 1. The summed E-state index contributed by atoms with van der Waals surface area (Å²) in [5.41, 5.74) is 0.379. The molecular formula is C13H14ClN3O2. The number of phenols is 1. The molecule has 0 saturated heterocycles. The SMILES string of the molecule is N#C/C(=C/NCCCCl)C(=O)Nc1cccc(O)c1. The van der Waals surface area contributed by atoms with Gasteiger partial charge in [-0.1, -0.05) is 6.07 Å². The lowest BCUT2D eigenvalue weighted by molar-refractivity contribution is -0.112. The van der Waals surface area contributed by atoms with Crippen LogP contribution in [-0.2, 0) is 4.79 Å². The van der Waals surface area contributed by atoms with Crippen LogP contribution in [0.3, 0.4) is 0 Å². The molecule has 1 aromatic carbocycles. The van der Waals surface area contributed by atoms with Gasteiger partial charge in [0.25, 0.3) is 5.91 Å². The Balaban J connectivity index is 2.62. The maximum absolute atomic E-state index is 11.8. The number of rotatable bonds is 6. The first-order valence-corrected chi connectivity index (χ1v) is 6.21. The largest absolute Gasteiger partial charge is 0.508 e. The quantitative estimate of drug-likeness (QED) is 0.322.